The van der Waals surface area contributed by atoms with Crippen molar-refractivity contribution in [1.29, 1.82) is 0 Å². The first-order chi connectivity index (χ1) is 9.65. The number of rotatable bonds is 5. The lowest BCUT2D eigenvalue weighted by molar-refractivity contribution is -0.121. The van der Waals surface area contributed by atoms with Crippen LogP contribution in [0.4, 0.5) is 0 Å². The van der Waals surface area contributed by atoms with E-state index in [4.69, 9.17) is 11.6 Å². The smallest absolute Gasteiger partial charge is 0.220 e. The molecule has 0 unspecified atom stereocenters. The molecule has 0 heterocycles. The van der Waals surface area contributed by atoms with Gasteiger partial charge in [-0.1, -0.05) is 29.8 Å². The predicted molar refractivity (Wildman–Crippen MR) is 80.7 cm³/mol. The molecule has 20 heavy (non-hydrogen) atoms. The van der Waals surface area contributed by atoms with Crippen LogP contribution >= 0.6 is 11.6 Å². The minimum Gasteiger partial charge on any atom is -0.393 e. The molecule has 4 heteroatoms. The molecule has 1 aliphatic rings. The molecular weight excluding hydrogens is 274 g/mol. The van der Waals surface area contributed by atoms with E-state index in [1.807, 2.05) is 24.3 Å². The fraction of sp³-hybridized carbons (Fsp3) is 0.562. The molecule has 2 rings (SSSR count). The summed E-state index contributed by atoms with van der Waals surface area (Å²) >= 11 is 6.06. The summed E-state index contributed by atoms with van der Waals surface area (Å²) in [6, 6.07) is 7.64. The zero-order chi connectivity index (χ0) is 14.4. The Morgan fingerprint density at radius 1 is 1.25 bits per heavy atom. The Balaban J connectivity index is 1.67. The van der Waals surface area contributed by atoms with Gasteiger partial charge in [-0.25, -0.2) is 0 Å². The van der Waals surface area contributed by atoms with Crippen molar-refractivity contribution in [3.63, 3.8) is 0 Å². The van der Waals surface area contributed by atoms with Gasteiger partial charge in [-0.2, -0.15) is 0 Å². The summed E-state index contributed by atoms with van der Waals surface area (Å²) in [6.07, 6.45) is 4.74. The first-order valence-electron chi connectivity index (χ1n) is 7.33. The molecule has 3 nitrogen and oxygen atoms in total. The second-order valence-electron chi connectivity index (χ2n) is 5.57. The van der Waals surface area contributed by atoms with Crippen LogP contribution in [0.1, 0.15) is 37.7 Å². The Morgan fingerprint density at radius 2 is 1.95 bits per heavy atom. The molecule has 0 spiro atoms. The van der Waals surface area contributed by atoms with E-state index in [-0.39, 0.29) is 12.0 Å². The van der Waals surface area contributed by atoms with E-state index in [2.05, 4.69) is 5.32 Å². The van der Waals surface area contributed by atoms with Crippen LogP contribution in [0, 0.1) is 5.92 Å². The second-order valence-corrected chi connectivity index (χ2v) is 5.98. The standard InChI is InChI=1S/C16H22ClNO2/c17-15-4-2-1-3-13(15)7-10-16(20)18-11-12-5-8-14(19)9-6-12/h1-4,12,14,19H,5-11H2,(H,18,20). The number of aryl methyl sites for hydroxylation is 1. The van der Waals surface area contributed by atoms with Crippen molar-refractivity contribution in [3.05, 3.63) is 34.9 Å². The highest BCUT2D eigenvalue weighted by Crippen LogP contribution is 2.23. The molecule has 0 atom stereocenters. The van der Waals surface area contributed by atoms with Gasteiger partial charge < -0.3 is 10.4 Å². The number of halogens is 1. The largest absolute Gasteiger partial charge is 0.393 e. The van der Waals surface area contributed by atoms with E-state index in [9.17, 15) is 9.90 Å². The second kappa shape index (κ2) is 7.65. The Morgan fingerprint density at radius 3 is 2.65 bits per heavy atom. The molecule has 1 fully saturated rings. The highest BCUT2D eigenvalue weighted by atomic mass is 35.5. The lowest BCUT2D eigenvalue weighted by Crippen LogP contribution is -2.32. The lowest BCUT2D eigenvalue weighted by atomic mass is 9.87. The number of aliphatic hydroxyl groups excluding tert-OH is 1. The maximum Gasteiger partial charge on any atom is 0.220 e. The van der Waals surface area contributed by atoms with E-state index in [1.165, 1.54) is 0 Å². The third kappa shape index (κ3) is 4.80. The van der Waals surface area contributed by atoms with Gasteiger partial charge in [0, 0.05) is 18.0 Å². The summed E-state index contributed by atoms with van der Waals surface area (Å²) in [5.74, 6) is 0.596. The van der Waals surface area contributed by atoms with Crippen molar-refractivity contribution in [2.75, 3.05) is 6.54 Å². The summed E-state index contributed by atoms with van der Waals surface area (Å²) in [7, 11) is 0. The topological polar surface area (TPSA) is 49.3 Å². The van der Waals surface area contributed by atoms with E-state index >= 15 is 0 Å². The van der Waals surface area contributed by atoms with Crippen LogP contribution < -0.4 is 5.32 Å². The molecule has 0 aliphatic heterocycles. The number of carbonyl (C=O) groups is 1. The summed E-state index contributed by atoms with van der Waals surface area (Å²) < 4.78 is 0. The van der Waals surface area contributed by atoms with Crippen molar-refractivity contribution < 1.29 is 9.90 Å². The molecule has 1 amide bonds. The maximum absolute atomic E-state index is 11.8. The normalized spacial score (nSPS) is 22.5. The molecule has 0 aromatic heterocycles. The third-order valence-corrected chi connectivity index (χ3v) is 4.35. The van der Waals surface area contributed by atoms with E-state index < -0.39 is 0 Å². The molecule has 0 radical (unpaired) electrons. The first-order valence-corrected chi connectivity index (χ1v) is 7.71. The molecule has 1 saturated carbocycles. The van der Waals surface area contributed by atoms with Crippen molar-refractivity contribution in [3.8, 4) is 0 Å². The van der Waals surface area contributed by atoms with Gasteiger partial charge >= 0.3 is 0 Å². The zero-order valence-corrected chi connectivity index (χ0v) is 12.4. The average Bonchev–Trinajstić information content (AvgIpc) is 2.46. The first kappa shape index (κ1) is 15.3. The number of amides is 1. The molecule has 0 bridgehead atoms. The number of benzene rings is 1. The van der Waals surface area contributed by atoms with Crippen LogP contribution in [0.3, 0.4) is 0 Å². The molecule has 0 saturated heterocycles. The van der Waals surface area contributed by atoms with Gasteiger partial charge in [0.1, 0.15) is 0 Å². The number of hydrogen-bond donors (Lipinski definition) is 2. The summed E-state index contributed by atoms with van der Waals surface area (Å²) in [5.41, 5.74) is 1.02. The van der Waals surface area contributed by atoms with Gasteiger partial charge in [0.2, 0.25) is 5.91 Å². The van der Waals surface area contributed by atoms with Crippen LogP contribution in [0.25, 0.3) is 0 Å². The number of carbonyl (C=O) groups excluding carboxylic acids is 1. The minimum absolute atomic E-state index is 0.0797. The van der Waals surface area contributed by atoms with Gasteiger partial charge in [-0.15, -0.1) is 0 Å². The highest BCUT2D eigenvalue weighted by Gasteiger charge is 2.19. The van der Waals surface area contributed by atoms with Crippen molar-refractivity contribution in [2.24, 2.45) is 5.92 Å². The van der Waals surface area contributed by atoms with E-state index in [1.54, 1.807) is 0 Å². The van der Waals surface area contributed by atoms with Gasteiger partial charge in [0.05, 0.1) is 6.10 Å². The fourth-order valence-corrected chi connectivity index (χ4v) is 2.88. The molecule has 110 valence electrons. The fourth-order valence-electron chi connectivity index (χ4n) is 2.64. The summed E-state index contributed by atoms with van der Waals surface area (Å²) in [4.78, 5) is 11.8. The Kier molecular flexibility index (Phi) is 5.86. The number of aliphatic hydroxyl groups is 1. The maximum atomic E-state index is 11.8. The van der Waals surface area contributed by atoms with Crippen LogP contribution in [-0.4, -0.2) is 23.7 Å². The Bertz CT molecular complexity index is 442. The minimum atomic E-state index is -0.137. The van der Waals surface area contributed by atoms with Crippen LogP contribution in [0.5, 0.6) is 0 Å². The molecule has 2 N–H and O–H groups in total. The Labute approximate surface area is 125 Å². The van der Waals surface area contributed by atoms with Crippen LogP contribution in [0.2, 0.25) is 5.02 Å². The van der Waals surface area contributed by atoms with E-state index in [0.29, 0.717) is 18.8 Å². The highest BCUT2D eigenvalue weighted by molar-refractivity contribution is 6.31. The number of nitrogens with one attached hydrogen (secondary N) is 1. The van der Waals surface area contributed by atoms with Gasteiger partial charge in [0.15, 0.2) is 0 Å². The average molecular weight is 296 g/mol. The third-order valence-electron chi connectivity index (χ3n) is 3.98. The van der Waals surface area contributed by atoms with Crippen molar-refractivity contribution in [2.45, 2.75) is 44.6 Å². The predicted octanol–water partition coefficient (Wildman–Crippen LogP) is 2.94. The SMILES string of the molecule is O=C(CCc1ccccc1Cl)NCC1CCC(O)CC1. The van der Waals surface area contributed by atoms with E-state index in [0.717, 1.165) is 42.8 Å². The summed E-state index contributed by atoms with van der Waals surface area (Å²) in [5, 5.41) is 13.2. The molecule has 1 aromatic rings. The van der Waals surface area contributed by atoms with Gasteiger partial charge in [-0.3, -0.25) is 4.79 Å². The zero-order valence-electron chi connectivity index (χ0n) is 11.6. The van der Waals surface area contributed by atoms with Gasteiger partial charge in [-0.05, 0) is 49.7 Å². The van der Waals surface area contributed by atoms with Crippen LogP contribution in [-0.2, 0) is 11.2 Å². The molecule has 1 aromatic carbocycles. The monoisotopic (exact) mass is 295 g/mol. The van der Waals surface area contributed by atoms with Crippen molar-refractivity contribution >= 4 is 17.5 Å². The van der Waals surface area contributed by atoms with Crippen molar-refractivity contribution in [1.82, 2.24) is 5.32 Å². The molecular formula is C16H22ClNO2. The molecule has 1 aliphatic carbocycles. The lowest BCUT2D eigenvalue weighted by Gasteiger charge is -2.25. The quantitative estimate of drug-likeness (QED) is 0.877. The Hall–Kier alpha value is -1.06. The van der Waals surface area contributed by atoms with Gasteiger partial charge in [0.25, 0.3) is 0 Å². The van der Waals surface area contributed by atoms with Crippen LogP contribution in [0.15, 0.2) is 24.3 Å². The number of hydrogen-bond acceptors (Lipinski definition) is 2. The summed E-state index contributed by atoms with van der Waals surface area (Å²) in [6.45, 7) is 0.730.